The third-order valence-corrected chi connectivity index (χ3v) is 2.43. The number of aromatic nitrogens is 2. The number of aromatic amines is 2. The number of benzene rings is 1. The monoisotopic (exact) mass is 264 g/mol. The first-order valence-electron chi connectivity index (χ1n) is 4.32. The highest BCUT2D eigenvalue weighted by molar-refractivity contribution is 6.32. The predicted molar refractivity (Wildman–Crippen MR) is 55.2 cm³/mol. The molecule has 0 saturated carbocycles. The van der Waals surface area contributed by atoms with E-state index in [4.69, 9.17) is 11.6 Å². The van der Waals surface area contributed by atoms with Gasteiger partial charge in [-0.15, -0.1) is 0 Å². The van der Waals surface area contributed by atoms with Gasteiger partial charge < -0.3 is 9.97 Å². The molecular formula is C9H4ClF3N2O2. The van der Waals surface area contributed by atoms with Crippen LogP contribution in [0, 0.1) is 0 Å². The first kappa shape index (κ1) is 11.7. The molecule has 0 aliphatic heterocycles. The third-order valence-electron chi connectivity index (χ3n) is 2.12. The zero-order valence-corrected chi connectivity index (χ0v) is 8.74. The number of rotatable bonds is 0. The molecule has 0 saturated heterocycles. The molecule has 1 aromatic carbocycles. The molecule has 0 spiro atoms. The first-order chi connectivity index (χ1) is 7.79. The highest BCUT2D eigenvalue weighted by Gasteiger charge is 2.33. The van der Waals surface area contributed by atoms with Gasteiger partial charge in [-0.1, -0.05) is 11.6 Å². The largest absolute Gasteiger partial charge is 0.417 e. The Bertz CT molecular complexity index is 702. The van der Waals surface area contributed by atoms with E-state index in [1.165, 1.54) is 0 Å². The van der Waals surface area contributed by atoms with Crippen LogP contribution in [0.2, 0.25) is 5.02 Å². The second-order valence-electron chi connectivity index (χ2n) is 3.28. The minimum absolute atomic E-state index is 0.0348. The van der Waals surface area contributed by atoms with Crippen LogP contribution in [0.25, 0.3) is 11.0 Å². The Morgan fingerprint density at radius 1 is 1.00 bits per heavy atom. The summed E-state index contributed by atoms with van der Waals surface area (Å²) in [7, 11) is 0. The number of nitrogens with one attached hydrogen (secondary N) is 2. The average molecular weight is 265 g/mol. The summed E-state index contributed by atoms with van der Waals surface area (Å²) < 4.78 is 37.5. The number of hydrogen-bond donors (Lipinski definition) is 2. The van der Waals surface area contributed by atoms with Gasteiger partial charge in [-0.25, -0.2) is 0 Å². The van der Waals surface area contributed by atoms with Crippen molar-refractivity contribution in [1.29, 1.82) is 0 Å². The number of halogens is 4. The van der Waals surface area contributed by atoms with Crippen molar-refractivity contribution in [2.75, 3.05) is 0 Å². The lowest BCUT2D eigenvalue weighted by molar-refractivity contribution is -0.137. The summed E-state index contributed by atoms with van der Waals surface area (Å²) >= 11 is 5.45. The minimum Gasteiger partial charge on any atom is -0.316 e. The van der Waals surface area contributed by atoms with Crippen LogP contribution in [0.3, 0.4) is 0 Å². The third kappa shape index (κ3) is 2.05. The fraction of sp³-hybridized carbons (Fsp3) is 0.111. The molecule has 0 aliphatic rings. The van der Waals surface area contributed by atoms with Gasteiger partial charge in [0.05, 0.1) is 21.6 Å². The van der Waals surface area contributed by atoms with Crippen LogP contribution in [-0.4, -0.2) is 9.97 Å². The normalized spacial score (nSPS) is 12.0. The summed E-state index contributed by atoms with van der Waals surface area (Å²) in [4.78, 5) is 26.1. The summed E-state index contributed by atoms with van der Waals surface area (Å²) in [6.07, 6.45) is -4.63. The highest BCUT2D eigenvalue weighted by atomic mass is 35.5. The zero-order valence-electron chi connectivity index (χ0n) is 7.98. The summed E-state index contributed by atoms with van der Waals surface area (Å²) in [5.41, 5.74) is -3.14. The average Bonchev–Trinajstić information content (AvgIpc) is 2.18. The van der Waals surface area contributed by atoms with Crippen molar-refractivity contribution in [2.24, 2.45) is 0 Å². The van der Waals surface area contributed by atoms with Gasteiger partial charge in [-0.2, -0.15) is 13.2 Å². The van der Waals surface area contributed by atoms with Crippen LogP contribution < -0.4 is 11.1 Å². The lowest BCUT2D eigenvalue weighted by Gasteiger charge is -2.09. The van der Waals surface area contributed by atoms with Crippen molar-refractivity contribution >= 4 is 22.6 Å². The Labute approximate surface area is 96.0 Å². The van der Waals surface area contributed by atoms with E-state index in [0.29, 0.717) is 6.07 Å². The molecular weight excluding hydrogens is 261 g/mol. The standard InChI is InChI=1S/C9H4ClF3N2O2/c10-4-2-6-5(1-3(4)9(11,12)13)14-7(16)8(17)15-6/h1-2H,(H,14,16)(H,15,17). The van der Waals surface area contributed by atoms with Crippen molar-refractivity contribution in [3.63, 3.8) is 0 Å². The molecule has 1 aromatic heterocycles. The zero-order chi connectivity index (χ0) is 12.8. The maximum absolute atomic E-state index is 12.5. The molecule has 2 rings (SSSR count). The topological polar surface area (TPSA) is 65.7 Å². The molecule has 0 bridgehead atoms. The summed E-state index contributed by atoms with van der Waals surface area (Å²) in [6.45, 7) is 0. The van der Waals surface area contributed by atoms with Crippen molar-refractivity contribution < 1.29 is 13.2 Å². The molecule has 2 N–H and O–H groups in total. The van der Waals surface area contributed by atoms with Gasteiger partial charge in [0.1, 0.15) is 0 Å². The maximum Gasteiger partial charge on any atom is 0.417 e. The van der Waals surface area contributed by atoms with Gasteiger partial charge in [0.2, 0.25) is 0 Å². The summed E-state index contributed by atoms with van der Waals surface area (Å²) in [5, 5.41) is -0.548. The van der Waals surface area contributed by atoms with E-state index in [2.05, 4.69) is 4.98 Å². The fourth-order valence-corrected chi connectivity index (χ4v) is 1.63. The molecule has 0 amide bonds. The van der Waals surface area contributed by atoms with E-state index < -0.39 is 27.9 Å². The second kappa shape index (κ2) is 3.63. The summed E-state index contributed by atoms with van der Waals surface area (Å²) in [5.74, 6) is 0. The molecule has 8 heteroatoms. The second-order valence-corrected chi connectivity index (χ2v) is 3.69. The number of H-pyrrole nitrogens is 2. The van der Waals surface area contributed by atoms with Crippen LogP contribution in [0.1, 0.15) is 5.56 Å². The van der Waals surface area contributed by atoms with Gasteiger partial charge in [-0.3, -0.25) is 9.59 Å². The van der Waals surface area contributed by atoms with E-state index >= 15 is 0 Å². The molecule has 0 radical (unpaired) electrons. The van der Waals surface area contributed by atoms with E-state index in [1.807, 2.05) is 4.98 Å². The molecule has 2 aromatic rings. The predicted octanol–water partition coefficient (Wildman–Crippen LogP) is 1.89. The minimum atomic E-state index is -4.63. The smallest absolute Gasteiger partial charge is 0.316 e. The molecule has 4 nitrogen and oxygen atoms in total. The Morgan fingerprint density at radius 2 is 1.47 bits per heavy atom. The van der Waals surface area contributed by atoms with Crippen LogP contribution >= 0.6 is 11.6 Å². The Kier molecular flexibility index (Phi) is 2.50. The van der Waals surface area contributed by atoms with Crippen LogP contribution in [-0.2, 0) is 6.18 Å². The highest BCUT2D eigenvalue weighted by Crippen LogP contribution is 2.35. The van der Waals surface area contributed by atoms with E-state index in [0.717, 1.165) is 6.07 Å². The van der Waals surface area contributed by atoms with Crippen LogP contribution in [0.15, 0.2) is 21.7 Å². The first-order valence-corrected chi connectivity index (χ1v) is 4.70. The number of alkyl halides is 3. The Balaban J connectivity index is 2.86. The molecule has 90 valence electrons. The van der Waals surface area contributed by atoms with E-state index in [9.17, 15) is 22.8 Å². The van der Waals surface area contributed by atoms with Crippen LogP contribution in [0.5, 0.6) is 0 Å². The summed E-state index contributed by atoms with van der Waals surface area (Å²) in [6, 6.07) is 1.62. The molecule has 17 heavy (non-hydrogen) atoms. The number of fused-ring (bicyclic) bond motifs is 1. The van der Waals surface area contributed by atoms with Crippen molar-refractivity contribution in [3.05, 3.63) is 43.4 Å². The quantitative estimate of drug-likeness (QED) is 0.714. The molecule has 0 fully saturated rings. The maximum atomic E-state index is 12.5. The van der Waals surface area contributed by atoms with Crippen molar-refractivity contribution in [1.82, 2.24) is 9.97 Å². The molecule has 0 atom stereocenters. The van der Waals surface area contributed by atoms with E-state index in [1.54, 1.807) is 0 Å². The Morgan fingerprint density at radius 3 is 1.94 bits per heavy atom. The van der Waals surface area contributed by atoms with Crippen molar-refractivity contribution in [2.45, 2.75) is 6.18 Å². The molecule has 1 heterocycles. The molecule has 0 aliphatic carbocycles. The SMILES string of the molecule is O=c1[nH]c2cc(Cl)c(C(F)(F)F)cc2[nH]c1=O. The van der Waals surface area contributed by atoms with Gasteiger partial charge in [-0.05, 0) is 12.1 Å². The van der Waals surface area contributed by atoms with Crippen molar-refractivity contribution in [3.8, 4) is 0 Å². The Hall–Kier alpha value is -1.76. The van der Waals surface area contributed by atoms with Gasteiger partial charge in [0, 0.05) is 0 Å². The lowest BCUT2D eigenvalue weighted by Crippen LogP contribution is -2.29. The lowest BCUT2D eigenvalue weighted by atomic mass is 10.2. The van der Waals surface area contributed by atoms with Gasteiger partial charge >= 0.3 is 17.3 Å². The van der Waals surface area contributed by atoms with Crippen LogP contribution in [0.4, 0.5) is 13.2 Å². The van der Waals surface area contributed by atoms with Gasteiger partial charge in [0.15, 0.2) is 0 Å². The number of hydrogen-bond acceptors (Lipinski definition) is 2. The fourth-order valence-electron chi connectivity index (χ4n) is 1.36. The molecule has 0 unspecified atom stereocenters. The van der Waals surface area contributed by atoms with Gasteiger partial charge in [0.25, 0.3) is 0 Å². The van der Waals surface area contributed by atoms with E-state index in [-0.39, 0.29) is 11.0 Å².